The molecule has 4 rings (SSSR count). The van der Waals surface area contributed by atoms with E-state index in [4.69, 9.17) is 0 Å². The number of thioether (sulfide) groups is 1. The second-order valence-corrected chi connectivity index (χ2v) is 6.37. The van der Waals surface area contributed by atoms with Crippen LogP contribution in [-0.2, 0) is 5.75 Å². The van der Waals surface area contributed by atoms with Crippen molar-refractivity contribution >= 4 is 23.1 Å². The van der Waals surface area contributed by atoms with E-state index in [1.807, 2.05) is 30.3 Å². The first-order chi connectivity index (χ1) is 12.7. The number of non-ortho nitro benzene ring substituents is 1. The van der Waals surface area contributed by atoms with Crippen molar-refractivity contribution in [2.24, 2.45) is 0 Å². The highest BCUT2D eigenvalue weighted by Crippen LogP contribution is 2.24. The number of fused-ring (bicyclic) bond motifs is 1. The van der Waals surface area contributed by atoms with E-state index in [1.165, 1.54) is 17.8 Å². The van der Waals surface area contributed by atoms with Gasteiger partial charge in [0.05, 0.1) is 10.6 Å². The number of hydrogen-bond donors (Lipinski definition) is 0. The molecule has 8 nitrogen and oxygen atoms in total. The van der Waals surface area contributed by atoms with Crippen molar-refractivity contribution in [2.45, 2.75) is 10.9 Å². The molecule has 3 heterocycles. The Morgan fingerprint density at radius 2 is 2.04 bits per heavy atom. The molecule has 0 fully saturated rings. The van der Waals surface area contributed by atoms with Crippen molar-refractivity contribution in [1.29, 1.82) is 0 Å². The van der Waals surface area contributed by atoms with Crippen molar-refractivity contribution in [3.63, 3.8) is 0 Å². The van der Waals surface area contributed by atoms with Gasteiger partial charge >= 0.3 is 0 Å². The van der Waals surface area contributed by atoms with Gasteiger partial charge < -0.3 is 0 Å². The van der Waals surface area contributed by atoms with E-state index < -0.39 is 4.92 Å². The minimum absolute atomic E-state index is 0.0752. The van der Waals surface area contributed by atoms with Gasteiger partial charge in [0.1, 0.15) is 0 Å². The predicted octanol–water partition coefficient (Wildman–Crippen LogP) is 3.39. The number of nitrogens with zero attached hydrogens (tertiary/aromatic N) is 6. The van der Waals surface area contributed by atoms with Crippen LogP contribution in [0.2, 0.25) is 0 Å². The van der Waals surface area contributed by atoms with E-state index in [9.17, 15) is 10.1 Å². The van der Waals surface area contributed by atoms with Crippen molar-refractivity contribution in [1.82, 2.24) is 24.8 Å². The first-order valence-electron chi connectivity index (χ1n) is 7.70. The maximum Gasteiger partial charge on any atom is 0.269 e. The van der Waals surface area contributed by atoms with Crippen LogP contribution in [0.5, 0.6) is 0 Å². The summed E-state index contributed by atoms with van der Waals surface area (Å²) < 4.78 is 1.67. The van der Waals surface area contributed by atoms with Crippen molar-refractivity contribution in [3.05, 3.63) is 76.6 Å². The maximum absolute atomic E-state index is 10.9. The molecule has 128 valence electrons. The standard InChI is InChI=1S/C17H12N6O2S/c24-23(25)14-5-1-3-12(9-14)11-26-17-20-19-16-7-6-15(21-22(16)17)13-4-2-8-18-10-13/h1-10H,11H2. The van der Waals surface area contributed by atoms with Crippen LogP contribution in [0.15, 0.2) is 66.1 Å². The fourth-order valence-electron chi connectivity index (χ4n) is 2.44. The fourth-order valence-corrected chi connectivity index (χ4v) is 3.27. The van der Waals surface area contributed by atoms with Crippen LogP contribution >= 0.6 is 11.8 Å². The lowest BCUT2D eigenvalue weighted by Gasteiger charge is -2.03. The Balaban J connectivity index is 1.61. The highest BCUT2D eigenvalue weighted by Gasteiger charge is 2.11. The second-order valence-electron chi connectivity index (χ2n) is 5.43. The lowest BCUT2D eigenvalue weighted by atomic mass is 10.2. The fraction of sp³-hybridized carbons (Fsp3) is 0.0588. The Morgan fingerprint density at radius 3 is 2.85 bits per heavy atom. The first kappa shape index (κ1) is 16.2. The van der Waals surface area contributed by atoms with Crippen LogP contribution in [0.25, 0.3) is 16.9 Å². The molecule has 0 amide bonds. The van der Waals surface area contributed by atoms with Crippen molar-refractivity contribution in [2.75, 3.05) is 0 Å². The van der Waals surface area contributed by atoms with Gasteiger partial charge in [-0.15, -0.1) is 10.2 Å². The largest absolute Gasteiger partial charge is 0.269 e. The molecule has 0 radical (unpaired) electrons. The molecule has 1 aromatic carbocycles. The molecular weight excluding hydrogens is 352 g/mol. The third-order valence-electron chi connectivity index (χ3n) is 3.68. The van der Waals surface area contributed by atoms with Gasteiger partial charge in [-0.1, -0.05) is 23.9 Å². The van der Waals surface area contributed by atoms with Gasteiger partial charge in [-0.05, 0) is 29.8 Å². The summed E-state index contributed by atoms with van der Waals surface area (Å²) in [6, 6.07) is 14.1. The van der Waals surface area contributed by atoms with E-state index in [2.05, 4.69) is 20.3 Å². The Morgan fingerprint density at radius 1 is 1.12 bits per heavy atom. The summed E-state index contributed by atoms with van der Waals surface area (Å²) in [5.41, 5.74) is 3.22. The topological polar surface area (TPSA) is 99.1 Å². The molecular formula is C17H12N6O2S. The SMILES string of the molecule is O=[N+]([O-])c1cccc(CSc2nnc3ccc(-c4cccnc4)nn23)c1. The molecule has 0 atom stereocenters. The average Bonchev–Trinajstić information content (AvgIpc) is 3.09. The van der Waals surface area contributed by atoms with E-state index in [0.717, 1.165) is 16.8 Å². The molecule has 9 heteroatoms. The number of hydrogen-bond acceptors (Lipinski definition) is 7. The number of pyridine rings is 1. The minimum atomic E-state index is -0.400. The van der Waals surface area contributed by atoms with Gasteiger partial charge in [-0.3, -0.25) is 15.1 Å². The van der Waals surface area contributed by atoms with Crippen LogP contribution in [0.1, 0.15) is 5.56 Å². The summed E-state index contributed by atoms with van der Waals surface area (Å²) >= 11 is 1.42. The molecule has 3 aromatic heterocycles. The number of rotatable bonds is 5. The van der Waals surface area contributed by atoms with Crippen LogP contribution < -0.4 is 0 Å². The lowest BCUT2D eigenvalue weighted by Crippen LogP contribution is -1.97. The Kier molecular flexibility index (Phi) is 4.28. The third-order valence-corrected chi connectivity index (χ3v) is 4.67. The molecule has 0 N–H and O–H groups in total. The van der Waals surface area contributed by atoms with E-state index in [-0.39, 0.29) is 5.69 Å². The van der Waals surface area contributed by atoms with Gasteiger partial charge in [-0.25, -0.2) is 0 Å². The summed E-state index contributed by atoms with van der Waals surface area (Å²) in [5, 5.41) is 24.4. The molecule has 0 saturated heterocycles. The molecule has 0 aliphatic rings. The highest BCUT2D eigenvalue weighted by atomic mass is 32.2. The number of aromatic nitrogens is 5. The van der Waals surface area contributed by atoms with Gasteiger partial charge in [-0.2, -0.15) is 9.61 Å². The first-order valence-corrected chi connectivity index (χ1v) is 8.68. The Labute approximate surface area is 152 Å². The van der Waals surface area contributed by atoms with Crippen LogP contribution in [0, 0.1) is 10.1 Å². The Bertz CT molecular complexity index is 1080. The lowest BCUT2D eigenvalue weighted by molar-refractivity contribution is -0.384. The molecule has 0 aliphatic carbocycles. The zero-order chi connectivity index (χ0) is 17.9. The van der Waals surface area contributed by atoms with Crippen LogP contribution in [0.3, 0.4) is 0 Å². The molecule has 0 saturated carbocycles. The Hall–Kier alpha value is -3.33. The zero-order valence-electron chi connectivity index (χ0n) is 13.4. The van der Waals surface area contributed by atoms with Crippen LogP contribution in [0.4, 0.5) is 5.69 Å². The monoisotopic (exact) mass is 364 g/mol. The molecule has 4 aromatic rings. The van der Waals surface area contributed by atoms with Crippen LogP contribution in [-0.4, -0.2) is 29.7 Å². The third kappa shape index (κ3) is 3.24. The summed E-state index contributed by atoms with van der Waals surface area (Å²) in [6.07, 6.45) is 3.45. The van der Waals surface area contributed by atoms with Gasteiger partial charge in [0, 0.05) is 35.8 Å². The summed E-state index contributed by atoms with van der Waals surface area (Å²) in [7, 11) is 0. The van der Waals surface area contributed by atoms with E-state index in [0.29, 0.717) is 16.6 Å². The average molecular weight is 364 g/mol. The van der Waals surface area contributed by atoms with Gasteiger partial charge in [0.15, 0.2) is 5.65 Å². The number of nitro groups is 1. The summed E-state index contributed by atoms with van der Waals surface area (Å²) in [5.74, 6) is 0.529. The summed E-state index contributed by atoms with van der Waals surface area (Å²) in [4.78, 5) is 14.6. The van der Waals surface area contributed by atoms with E-state index >= 15 is 0 Å². The molecule has 0 aliphatic heterocycles. The molecule has 0 unspecified atom stereocenters. The number of benzene rings is 1. The van der Waals surface area contributed by atoms with Gasteiger partial charge in [0.2, 0.25) is 5.16 Å². The normalized spacial score (nSPS) is 10.9. The highest BCUT2D eigenvalue weighted by molar-refractivity contribution is 7.98. The van der Waals surface area contributed by atoms with Crippen molar-refractivity contribution < 1.29 is 4.92 Å². The quantitative estimate of drug-likeness (QED) is 0.304. The number of nitro benzene ring substituents is 1. The van der Waals surface area contributed by atoms with Crippen molar-refractivity contribution in [3.8, 4) is 11.3 Å². The van der Waals surface area contributed by atoms with Gasteiger partial charge in [0.25, 0.3) is 5.69 Å². The minimum Gasteiger partial charge on any atom is -0.264 e. The molecule has 26 heavy (non-hydrogen) atoms. The predicted molar refractivity (Wildman–Crippen MR) is 96.7 cm³/mol. The summed E-state index contributed by atoms with van der Waals surface area (Å²) in [6.45, 7) is 0. The zero-order valence-corrected chi connectivity index (χ0v) is 14.2. The molecule has 0 bridgehead atoms. The molecule has 0 spiro atoms. The second kappa shape index (κ2) is 6.89. The van der Waals surface area contributed by atoms with E-state index in [1.54, 1.807) is 29.0 Å². The smallest absolute Gasteiger partial charge is 0.264 e. The maximum atomic E-state index is 10.9.